The Hall–Kier alpha value is -3.04. The smallest absolute Gasteiger partial charge is 0.270 e. The first-order chi connectivity index (χ1) is 14.7. The van der Waals surface area contributed by atoms with Crippen LogP contribution in [-0.4, -0.2) is 9.55 Å². The highest BCUT2D eigenvalue weighted by atomic mass is 31.0. The van der Waals surface area contributed by atoms with E-state index in [-0.39, 0.29) is 12.1 Å². The predicted octanol–water partition coefficient (Wildman–Crippen LogP) is 7.09. The van der Waals surface area contributed by atoms with Gasteiger partial charge in [0.15, 0.2) is 0 Å². The fourth-order valence-electron chi connectivity index (χ4n) is 3.61. The van der Waals surface area contributed by atoms with Crippen molar-refractivity contribution in [3.63, 3.8) is 0 Å². The molecule has 4 aromatic rings. The number of halogens is 2. The van der Waals surface area contributed by atoms with Gasteiger partial charge in [-0.15, -0.1) is 9.24 Å². The van der Waals surface area contributed by atoms with Gasteiger partial charge in [0.2, 0.25) is 5.95 Å². The van der Waals surface area contributed by atoms with Crippen LogP contribution in [0.4, 0.5) is 20.4 Å². The lowest BCUT2D eigenvalue weighted by molar-refractivity contribution is 0.0165. The molecular formula is C25H24F2N3P. The van der Waals surface area contributed by atoms with Gasteiger partial charge in [-0.1, -0.05) is 54.6 Å². The first-order valence-electron chi connectivity index (χ1n) is 9.97. The molecule has 0 fully saturated rings. The third-order valence-corrected chi connectivity index (χ3v) is 5.58. The van der Waals surface area contributed by atoms with Crippen LogP contribution >= 0.6 is 9.24 Å². The lowest BCUT2D eigenvalue weighted by Gasteiger charge is -2.18. The zero-order chi connectivity index (χ0) is 22.2. The first-order valence-corrected chi connectivity index (χ1v) is 10.5. The van der Waals surface area contributed by atoms with Crippen molar-refractivity contribution in [2.45, 2.75) is 26.3 Å². The zero-order valence-corrected chi connectivity index (χ0v) is 18.6. The average Bonchev–Trinajstić information content (AvgIpc) is 3.05. The molecule has 0 spiro atoms. The highest BCUT2D eigenvalue weighted by molar-refractivity contribution is 7.31. The highest BCUT2D eigenvalue weighted by Gasteiger charge is 2.27. The fraction of sp³-hybridized carbons (Fsp3) is 0.160. The van der Waals surface area contributed by atoms with E-state index in [1.807, 2.05) is 54.0 Å². The van der Waals surface area contributed by atoms with Gasteiger partial charge in [0.1, 0.15) is 0 Å². The molecule has 1 N–H and O–H groups in total. The predicted molar refractivity (Wildman–Crippen MR) is 128 cm³/mol. The quantitative estimate of drug-likeness (QED) is 0.328. The molecule has 158 valence electrons. The minimum atomic E-state index is -2.93. The van der Waals surface area contributed by atoms with Crippen molar-refractivity contribution in [2.75, 3.05) is 5.32 Å². The van der Waals surface area contributed by atoms with Crippen LogP contribution < -0.4 is 5.32 Å². The van der Waals surface area contributed by atoms with Gasteiger partial charge in [0.25, 0.3) is 5.92 Å². The van der Waals surface area contributed by atoms with Crippen LogP contribution in [0.5, 0.6) is 0 Å². The number of rotatable bonds is 6. The van der Waals surface area contributed by atoms with Crippen LogP contribution in [0, 0.1) is 6.92 Å². The second-order valence-electron chi connectivity index (χ2n) is 7.79. The van der Waals surface area contributed by atoms with Crippen molar-refractivity contribution in [1.82, 2.24) is 9.55 Å². The minimum absolute atomic E-state index is 0.0214. The van der Waals surface area contributed by atoms with E-state index in [1.165, 1.54) is 6.07 Å². The molecule has 6 heteroatoms. The number of nitrogens with zero attached hydrogens (tertiary/aromatic N) is 2. The first kappa shape index (κ1) is 21.2. The number of hydrogen-bond acceptors (Lipinski definition) is 2. The molecule has 1 atom stereocenters. The number of alkyl halides is 2. The summed E-state index contributed by atoms with van der Waals surface area (Å²) in [5.41, 5.74) is 5.21. The summed E-state index contributed by atoms with van der Waals surface area (Å²) in [4.78, 5) is 4.78. The number of nitrogens with one attached hydrogen (secondary N) is 1. The third kappa shape index (κ3) is 4.52. The number of aromatic nitrogens is 2. The Morgan fingerprint density at radius 1 is 1.10 bits per heavy atom. The van der Waals surface area contributed by atoms with E-state index in [0.717, 1.165) is 40.1 Å². The SMILES string of the molecule is C=C(P)c1ccc2c(c1)nc(Nc1ccc(C)cc1)n2Cc1ccccc1C(C)(F)F. The summed E-state index contributed by atoms with van der Waals surface area (Å²) in [5.74, 6) is -2.33. The molecule has 0 saturated carbocycles. The Morgan fingerprint density at radius 2 is 1.81 bits per heavy atom. The number of fused-ring (bicyclic) bond motifs is 1. The van der Waals surface area contributed by atoms with E-state index in [9.17, 15) is 8.78 Å². The van der Waals surface area contributed by atoms with Gasteiger partial charge in [-0.05, 0) is 47.6 Å². The Bertz CT molecular complexity index is 1250. The van der Waals surface area contributed by atoms with Gasteiger partial charge >= 0.3 is 0 Å². The Balaban J connectivity index is 1.84. The molecule has 3 aromatic carbocycles. The van der Waals surface area contributed by atoms with Crippen LogP contribution in [0.2, 0.25) is 0 Å². The molecule has 0 saturated heterocycles. The van der Waals surface area contributed by atoms with Crippen LogP contribution in [0.3, 0.4) is 0 Å². The van der Waals surface area contributed by atoms with E-state index in [4.69, 9.17) is 4.98 Å². The maximum atomic E-state index is 14.2. The van der Waals surface area contributed by atoms with Crippen molar-refractivity contribution < 1.29 is 8.78 Å². The molecule has 31 heavy (non-hydrogen) atoms. The van der Waals surface area contributed by atoms with Crippen LogP contribution in [0.25, 0.3) is 16.3 Å². The number of aryl methyl sites for hydroxylation is 1. The lowest BCUT2D eigenvalue weighted by Crippen LogP contribution is -2.13. The van der Waals surface area contributed by atoms with Crippen LogP contribution in [-0.2, 0) is 12.5 Å². The van der Waals surface area contributed by atoms with E-state index in [0.29, 0.717) is 11.5 Å². The van der Waals surface area contributed by atoms with Gasteiger partial charge in [-0.3, -0.25) is 0 Å². The van der Waals surface area contributed by atoms with Gasteiger partial charge in [-0.2, -0.15) is 0 Å². The van der Waals surface area contributed by atoms with Gasteiger partial charge in [0, 0.05) is 18.2 Å². The van der Waals surface area contributed by atoms with Crippen molar-refractivity contribution >= 4 is 37.2 Å². The molecule has 0 aliphatic heterocycles. The van der Waals surface area contributed by atoms with Crippen molar-refractivity contribution in [3.05, 3.63) is 95.6 Å². The van der Waals surface area contributed by atoms with Gasteiger partial charge < -0.3 is 9.88 Å². The topological polar surface area (TPSA) is 29.9 Å². The zero-order valence-electron chi connectivity index (χ0n) is 17.5. The van der Waals surface area contributed by atoms with Crippen molar-refractivity contribution in [2.24, 2.45) is 0 Å². The molecule has 0 amide bonds. The molecule has 3 nitrogen and oxygen atoms in total. The molecule has 1 aromatic heterocycles. The Labute approximate surface area is 183 Å². The summed E-state index contributed by atoms with van der Waals surface area (Å²) in [5, 5.41) is 4.21. The van der Waals surface area contributed by atoms with E-state index in [2.05, 4.69) is 21.1 Å². The Morgan fingerprint density at radius 3 is 2.48 bits per heavy atom. The van der Waals surface area contributed by atoms with E-state index in [1.54, 1.807) is 18.2 Å². The molecule has 1 unspecified atom stereocenters. The number of imidazole rings is 1. The molecule has 1 heterocycles. The number of hydrogen-bond donors (Lipinski definition) is 1. The van der Waals surface area contributed by atoms with Gasteiger partial charge in [-0.25, -0.2) is 13.8 Å². The standard InChI is InChI=1S/C25H24F2N3P/c1-16-8-11-20(12-9-16)28-24-29-22-14-18(17(2)31)10-13-23(22)30(24)15-19-6-4-5-7-21(19)25(3,26)27/h4-14H,2,15,31H2,1,3H3,(H,28,29). The van der Waals surface area contributed by atoms with Crippen molar-refractivity contribution in [1.29, 1.82) is 0 Å². The summed E-state index contributed by atoms with van der Waals surface area (Å²) in [6.45, 7) is 7.20. The van der Waals surface area contributed by atoms with Crippen LogP contribution in [0.1, 0.15) is 29.2 Å². The molecule has 0 aliphatic carbocycles. The molecular weight excluding hydrogens is 411 g/mol. The lowest BCUT2D eigenvalue weighted by atomic mass is 10.0. The van der Waals surface area contributed by atoms with Crippen molar-refractivity contribution in [3.8, 4) is 0 Å². The fourth-order valence-corrected chi connectivity index (χ4v) is 3.79. The highest BCUT2D eigenvalue weighted by Crippen LogP contribution is 2.33. The third-order valence-electron chi connectivity index (χ3n) is 5.25. The monoisotopic (exact) mass is 435 g/mol. The normalized spacial score (nSPS) is 11.6. The van der Waals surface area contributed by atoms with Gasteiger partial charge in [0.05, 0.1) is 17.6 Å². The number of benzene rings is 3. The maximum Gasteiger partial charge on any atom is 0.270 e. The summed E-state index contributed by atoms with van der Waals surface area (Å²) < 4.78 is 30.4. The summed E-state index contributed by atoms with van der Waals surface area (Å²) in [7, 11) is 2.60. The average molecular weight is 435 g/mol. The minimum Gasteiger partial charge on any atom is -0.326 e. The second kappa shape index (κ2) is 8.24. The van der Waals surface area contributed by atoms with E-state index >= 15 is 0 Å². The van der Waals surface area contributed by atoms with Crippen LogP contribution in [0.15, 0.2) is 73.3 Å². The second-order valence-corrected chi connectivity index (χ2v) is 8.48. The maximum absolute atomic E-state index is 14.2. The molecule has 4 rings (SSSR count). The summed E-state index contributed by atoms with van der Waals surface area (Å²) in [6, 6.07) is 20.5. The summed E-state index contributed by atoms with van der Waals surface area (Å²) in [6.07, 6.45) is 0. The van der Waals surface area contributed by atoms with E-state index < -0.39 is 5.92 Å². The largest absolute Gasteiger partial charge is 0.326 e. The summed E-state index contributed by atoms with van der Waals surface area (Å²) >= 11 is 0. The molecule has 0 radical (unpaired) electrons. The molecule has 0 bridgehead atoms. The molecule has 0 aliphatic rings. The number of anilines is 2. The Kier molecular flexibility index (Phi) is 5.63.